The monoisotopic (exact) mass is 222 g/mol. The maximum Gasteiger partial charge on any atom is 0.129 e. The molecule has 0 saturated carbocycles. The molecule has 0 bridgehead atoms. The van der Waals surface area contributed by atoms with Gasteiger partial charge in [-0.15, -0.1) is 0 Å². The second kappa shape index (κ2) is 5.32. The third-order valence-electron chi connectivity index (χ3n) is 1.92. The zero-order chi connectivity index (χ0) is 11.3. The van der Waals surface area contributed by atoms with Gasteiger partial charge in [0.1, 0.15) is 11.0 Å². The summed E-state index contributed by atoms with van der Waals surface area (Å²) in [6.07, 6.45) is 1.79. The van der Waals surface area contributed by atoms with Gasteiger partial charge in [0.05, 0.1) is 12.5 Å². The molecule has 1 heterocycles. The highest BCUT2D eigenvalue weighted by Crippen LogP contribution is 2.07. The zero-order valence-corrected chi connectivity index (χ0v) is 9.12. The molecular weight excluding hydrogens is 212 g/mol. The van der Waals surface area contributed by atoms with Gasteiger partial charge in [0.25, 0.3) is 0 Å². The van der Waals surface area contributed by atoms with Crippen LogP contribution in [0.2, 0.25) is 5.15 Å². The van der Waals surface area contributed by atoms with Gasteiger partial charge in [-0.05, 0) is 11.6 Å². The van der Waals surface area contributed by atoms with Crippen LogP contribution in [0.3, 0.4) is 0 Å². The van der Waals surface area contributed by atoms with Crippen LogP contribution < -0.4 is 0 Å². The fraction of sp³-hybridized carbons (Fsp3) is 0.300. The Hall–Kier alpha value is -1.60. The number of nitrogens with zero attached hydrogens (tertiary/aromatic N) is 3. The molecule has 0 amide bonds. The molecule has 0 unspecified atom stereocenters. The first-order chi connectivity index (χ1) is 7.13. The maximum absolute atomic E-state index is 8.44. The van der Waals surface area contributed by atoms with E-state index in [1.165, 1.54) is 0 Å². The molecule has 0 atom stereocenters. The summed E-state index contributed by atoms with van der Waals surface area (Å²) in [5.41, 5.74) is 0.963. The van der Waals surface area contributed by atoms with Crippen LogP contribution in [0, 0.1) is 16.7 Å². The van der Waals surface area contributed by atoms with Crippen molar-refractivity contribution >= 4 is 17.4 Å². The number of nitrogens with one attached hydrogen (secondary N) is 1. The van der Waals surface area contributed by atoms with Gasteiger partial charge in [0.2, 0.25) is 0 Å². The molecule has 0 aliphatic rings. The van der Waals surface area contributed by atoms with Crippen molar-refractivity contribution < 1.29 is 0 Å². The Morgan fingerprint density at radius 3 is 2.93 bits per heavy atom. The first kappa shape index (κ1) is 11.5. The Labute approximate surface area is 93.6 Å². The molecule has 5 heteroatoms. The standard InChI is InChI=1S/C10H11ClN4/c1-15(10(13)4-5-12)7-8-2-3-9(11)14-6-8/h2-3,6,13H,4,7H2,1H3. The van der Waals surface area contributed by atoms with Gasteiger partial charge in [-0.25, -0.2) is 4.98 Å². The number of aromatic nitrogens is 1. The number of amidine groups is 1. The van der Waals surface area contributed by atoms with E-state index in [-0.39, 0.29) is 6.42 Å². The average Bonchev–Trinajstić information content (AvgIpc) is 2.22. The Balaban J connectivity index is 2.59. The van der Waals surface area contributed by atoms with Crippen LogP contribution >= 0.6 is 11.6 Å². The summed E-state index contributed by atoms with van der Waals surface area (Å²) in [5.74, 6) is 0.299. The van der Waals surface area contributed by atoms with Crippen LogP contribution in [0.15, 0.2) is 18.3 Å². The molecule has 0 fully saturated rings. The van der Waals surface area contributed by atoms with Crippen molar-refractivity contribution in [2.75, 3.05) is 7.05 Å². The van der Waals surface area contributed by atoms with Crippen molar-refractivity contribution in [3.05, 3.63) is 29.0 Å². The van der Waals surface area contributed by atoms with Crippen molar-refractivity contribution in [1.82, 2.24) is 9.88 Å². The summed E-state index contributed by atoms with van der Waals surface area (Å²) in [7, 11) is 1.77. The molecule has 4 nitrogen and oxygen atoms in total. The van der Waals surface area contributed by atoms with Crippen molar-refractivity contribution in [3.63, 3.8) is 0 Å². The molecule has 78 valence electrons. The first-order valence-electron chi connectivity index (χ1n) is 4.39. The van der Waals surface area contributed by atoms with Crippen molar-refractivity contribution in [2.45, 2.75) is 13.0 Å². The molecule has 0 radical (unpaired) electrons. The predicted octanol–water partition coefficient (Wildman–Crippen LogP) is 2.06. The Morgan fingerprint density at radius 1 is 1.67 bits per heavy atom. The van der Waals surface area contributed by atoms with Gasteiger partial charge < -0.3 is 4.90 Å². The van der Waals surface area contributed by atoms with Gasteiger partial charge in [-0.3, -0.25) is 5.41 Å². The van der Waals surface area contributed by atoms with Crippen molar-refractivity contribution in [2.24, 2.45) is 0 Å². The van der Waals surface area contributed by atoms with E-state index in [1.807, 2.05) is 12.1 Å². The highest BCUT2D eigenvalue weighted by molar-refractivity contribution is 6.29. The predicted molar refractivity (Wildman–Crippen MR) is 58.7 cm³/mol. The molecule has 1 N–H and O–H groups in total. The Kier molecular flexibility index (Phi) is 4.07. The lowest BCUT2D eigenvalue weighted by atomic mass is 10.2. The summed E-state index contributed by atoms with van der Waals surface area (Å²) < 4.78 is 0. The second-order valence-electron chi connectivity index (χ2n) is 3.13. The summed E-state index contributed by atoms with van der Waals surface area (Å²) in [4.78, 5) is 5.64. The number of rotatable bonds is 3. The summed E-state index contributed by atoms with van der Waals surface area (Å²) in [6, 6.07) is 5.50. The maximum atomic E-state index is 8.44. The number of hydrogen-bond acceptors (Lipinski definition) is 3. The molecule has 0 spiro atoms. The molecule has 0 saturated heterocycles. The van der Waals surface area contributed by atoms with E-state index in [9.17, 15) is 0 Å². The van der Waals surface area contributed by atoms with Gasteiger partial charge in [-0.1, -0.05) is 17.7 Å². The summed E-state index contributed by atoms with van der Waals surface area (Å²) in [5, 5.41) is 16.4. The minimum Gasteiger partial charge on any atom is -0.358 e. The van der Waals surface area contributed by atoms with Crippen LogP contribution in [0.25, 0.3) is 0 Å². The fourth-order valence-corrected chi connectivity index (χ4v) is 1.19. The van der Waals surface area contributed by atoms with Gasteiger partial charge in [-0.2, -0.15) is 5.26 Å². The minimum absolute atomic E-state index is 0.123. The smallest absolute Gasteiger partial charge is 0.129 e. The van der Waals surface area contributed by atoms with Crippen LogP contribution in [-0.2, 0) is 6.54 Å². The molecule has 0 aliphatic carbocycles. The van der Waals surface area contributed by atoms with Crippen molar-refractivity contribution in [1.29, 1.82) is 10.7 Å². The van der Waals surface area contributed by atoms with E-state index in [0.717, 1.165) is 5.56 Å². The van der Waals surface area contributed by atoms with E-state index in [0.29, 0.717) is 17.5 Å². The van der Waals surface area contributed by atoms with E-state index < -0.39 is 0 Å². The van der Waals surface area contributed by atoms with Gasteiger partial charge in [0, 0.05) is 19.8 Å². The molecular formula is C10H11ClN4. The van der Waals surface area contributed by atoms with Gasteiger partial charge in [0.15, 0.2) is 0 Å². The number of hydrogen-bond donors (Lipinski definition) is 1. The number of halogens is 1. The lowest BCUT2D eigenvalue weighted by Crippen LogP contribution is -2.24. The topological polar surface area (TPSA) is 63.8 Å². The highest BCUT2D eigenvalue weighted by Gasteiger charge is 2.04. The highest BCUT2D eigenvalue weighted by atomic mass is 35.5. The van der Waals surface area contributed by atoms with Crippen molar-refractivity contribution in [3.8, 4) is 6.07 Å². The lowest BCUT2D eigenvalue weighted by Gasteiger charge is -2.17. The lowest BCUT2D eigenvalue weighted by molar-refractivity contribution is 0.489. The summed E-state index contributed by atoms with van der Waals surface area (Å²) in [6.45, 7) is 0.560. The first-order valence-corrected chi connectivity index (χ1v) is 4.77. The molecule has 0 aliphatic heterocycles. The normalized spacial score (nSPS) is 9.40. The van der Waals surface area contributed by atoms with E-state index >= 15 is 0 Å². The number of pyridine rings is 1. The van der Waals surface area contributed by atoms with Crippen LogP contribution in [0.4, 0.5) is 0 Å². The van der Waals surface area contributed by atoms with Crippen LogP contribution in [0.5, 0.6) is 0 Å². The fourth-order valence-electron chi connectivity index (χ4n) is 1.08. The van der Waals surface area contributed by atoms with E-state index in [1.54, 1.807) is 24.2 Å². The Bertz CT molecular complexity index is 379. The SMILES string of the molecule is CN(Cc1ccc(Cl)nc1)C(=N)CC#N. The molecule has 0 aromatic carbocycles. The minimum atomic E-state index is 0.123. The number of nitriles is 1. The molecule has 1 rings (SSSR count). The molecule has 1 aromatic rings. The van der Waals surface area contributed by atoms with Crippen LogP contribution in [0.1, 0.15) is 12.0 Å². The Morgan fingerprint density at radius 2 is 2.40 bits per heavy atom. The average molecular weight is 223 g/mol. The van der Waals surface area contributed by atoms with Gasteiger partial charge >= 0.3 is 0 Å². The molecule has 1 aromatic heterocycles. The quantitative estimate of drug-likeness (QED) is 0.484. The van der Waals surface area contributed by atoms with Crippen LogP contribution in [-0.4, -0.2) is 22.8 Å². The largest absolute Gasteiger partial charge is 0.358 e. The zero-order valence-electron chi connectivity index (χ0n) is 8.37. The molecule has 15 heavy (non-hydrogen) atoms. The third-order valence-corrected chi connectivity index (χ3v) is 2.14. The second-order valence-corrected chi connectivity index (χ2v) is 3.51. The third kappa shape index (κ3) is 3.56. The van der Waals surface area contributed by atoms with E-state index in [2.05, 4.69) is 4.98 Å². The summed E-state index contributed by atoms with van der Waals surface area (Å²) >= 11 is 5.65. The van der Waals surface area contributed by atoms with E-state index in [4.69, 9.17) is 22.3 Å².